The molecule has 1 aromatic carbocycles. The van der Waals surface area contributed by atoms with E-state index in [1.807, 2.05) is 25.1 Å². The molecule has 1 aliphatic rings. The zero-order valence-electron chi connectivity index (χ0n) is 10.8. The third-order valence-corrected chi connectivity index (χ3v) is 3.61. The van der Waals surface area contributed by atoms with Crippen LogP contribution in [0.5, 0.6) is 0 Å². The zero-order chi connectivity index (χ0) is 13.0. The number of hydrogen-bond acceptors (Lipinski definition) is 3. The molecule has 1 heterocycles. The summed E-state index contributed by atoms with van der Waals surface area (Å²) in [4.78, 5) is 2.24. The average molecular weight is 244 g/mol. The van der Waals surface area contributed by atoms with Crippen molar-refractivity contribution in [3.63, 3.8) is 0 Å². The first-order valence-corrected chi connectivity index (χ1v) is 6.51. The van der Waals surface area contributed by atoms with Crippen molar-refractivity contribution < 1.29 is 5.11 Å². The van der Waals surface area contributed by atoms with Crippen LogP contribution in [0.1, 0.15) is 37.8 Å². The molecule has 0 bridgehead atoms. The van der Waals surface area contributed by atoms with Crippen molar-refractivity contribution in [3.8, 4) is 6.07 Å². The molecule has 0 amide bonds. The molecule has 0 radical (unpaired) electrons. The van der Waals surface area contributed by atoms with Crippen molar-refractivity contribution >= 4 is 0 Å². The lowest BCUT2D eigenvalue weighted by molar-refractivity contribution is -0.0299. The molecule has 3 nitrogen and oxygen atoms in total. The van der Waals surface area contributed by atoms with Crippen molar-refractivity contribution in [1.29, 1.82) is 5.26 Å². The number of likely N-dealkylation sites (tertiary alicyclic amines) is 1. The van der Waals surface area contributed by atoms with Gasteiger partial charge in [-0.2, -0.15) is 5.26 Å². The van der Waals surface area contributed by atoms with Gasteiger partial charge < -0.3 is 5.11 Å². The molecule has 2 unspecified atom stereocenters. The minimum Gasteiger partial charge on any atom is -0.389 e. The van der Waals surface area contributed by atoms with Crippen LogP contribution in [0.4, 0.5) is 0 Å². The van der Waals surface area contributed by atoms with Gasteiger partial charge in [0.2, 0.25) is 0 Å². The van der Waals surface area contributed by atoms with E-state index >= 15 is 0 Å². The number of hydrogen-bond donors (Lipinski definition) is 1. The summed E-state index contributed by atoms with van der Waals surface area (Å²) < 4.78 is 0. The molecule has 2 rings (SSSR count). The Morgan fingerprint density at radius 2 is 2.17 bits per heavy atom. The summed E-state index contributed by atoms with van der Waals surface area (Å²) in [6.07, 6.45) is 2.30. The van der Waals surface area contributed by atoms with E-state index < -0.39 is 5.60 Å². The molecule has 0 saturated carbocycles. The summed E-state index contributed by atoms with van der Waals surface area (Å²) in [7, 11) is 0. The van der Waals surface area contributed by atoms with Crippen LogP contribution in [0.25, 0.3) is 0 Å². The predicted octanol–water partition coefficient (Wildman–Crippen LogP) is 2.49. The largest absolute Gasteiger partial charge is 0.389 e. The van der Waals surface area contributed by atoms with E-state index in [9.17, 15) is 5.11 Å². The number of nitrogens with zero attached hydrogens (tertiary/aromatic N) is 2. The van der Waals surface area contributed by atoms with Gasteiger partial charge in [-0.3, -0.25) is 4.90 Å². The van der Waals surface area contributed by atoms with Crippen LogP contribution < -0.4 is 0 Å². The molecule has 18 heavy (non-hydrogen) atoms. The van der Waals surface area contributed by atoms with E-state index in [1.165, 1.54) is 0 Å². The Hall–Kier alpha value is -1.37. The zero-order valence-corrected chi connectivity index (χ0v) is 10.8. The lowest BCUT2D eigenvalue weighted by Crippen LogP contribution is -2.47. The summed E-state index contributed by atoms with van der Waals surface area (Å²) in [5.74, 6) is 0. The number of piperidine rings is 1. The molecule has 0 spiro atoms. The van der Waals surface area contributed by atoms with Crippen LogP contribution in [0.2, 0.25) is 0 Å². The fourth-order valence-electron chi connectivity index (χ4n) is 2.74. The van der Waals surface area contributed by atoms with Crippen LogP contribution in [-0.4, -0.2) is 28.7 Å². The van der Waals surface area contributed by atoms with Gasteiger partial charge in [0.25, 0.3) is 0 Å². The minimum absolute atomic E-state index is 0.1000. The van der Waals surface area contributed by atoms with Gasteiger partial charge in [0.15, 0.2) is 0 Å². The van der Waals surface area contributed by atoms with Gasteiger partial charge >= 0.3 is 0 Å². The second-order valence-electron chi connectivity index (χ2n) is 5.36. The highest BCUT2D eigenvalue weighted by molar-refractivity contribution is 5.20. The molecule has 96 valence electrons. The number of aliphatic hydroxyl groups is 1. The maximum atomic E-state index is 10.2. The Morgan fingerprint density at radius 3 is 2.78 bits per heavy atom. The molecular weight excluding hydrogens is 224 g/mol. The van der Waals surface area contributed by atoms with Crippen LogP contribution >= 0.6 is 0 Å². The summed E-state index contributed by atoms with van der Waals surface area (Å²) in [6.45, 7) is 3.49. The molecule has 0 aliphatic carbocycles. The first-order chi connectivity index (χ1) is 8.62. The van der Waals surface area contributed by atoms with Gasteiger partial charge in [0.05, 0.1) is 18.1 Å². The molecule has 1 N–H and O–H groups in total. The van der Waals surface area contributed by atoms with Gasteiger partial charge in [-0.25, -0.2) is 0 Å². The number of rotatable bonds is 3. The number of nitriles is 1. The molecular formula is C15H20N2O. The standard InChI is InChI=1S/C15H20N2O/c1-15(18)9-5-11-17(12-15)14(8-10-16)13-6-3-2-4-7-13/h2-4,6-7,14,18H,5,8-9,11-12H2,1H3. The van der Waals surface area contributed by atoms with Gasteiger partial charge in [0.1, 0.15) is 0 Å². The molecule has 1 fully saturated rings. The maximum absolute atomic E-state index is 10.2. The highest BCUT2D eigenvalue weighted by Crippen LogP contribution is 2.30. The lowest BCUT2D eigenvalue weighted by atomic mass is 9.92. The number of benzene rings is 1. The summed E-state index contributed by atoms with van der Waals surface area (Å²) >= 11 is 0. The first kappa shape index (κ1) is 13.1. The van der Waals surface area contributed by atoms with Gasteiger partial charge in [0, 0.05) is 12.6 Å². The van der Waals surface area contributed by atoms with E-state index in [0.717, 1.165) is 24.9 Å². The molecule has 2 atom stereocenters. The molecule has 0 aromatic heterocycles. The third kappa shape index (κ3) is 3.10. The summed E-state index contributed by atoms with van der Waals surface area (Å²) in [6, 6.07) is 12.5. The lowest BCUT2D eigenvalue weighted by Gasteiger charge is -2.40. The van der Waals surface area contributed by atoms with E-state index in [4.69, 9.17) is 5.26 Å². The highest BCUT2D eigenvalue weighted by Gasteiger charge is 2.32. The van der Waals surface area contributed by atoms with Crippen LogP contribution in [0, 0.1) is 11.3 Å². The molecule has 1 aromatic rings. The summed E-state index contributed by atoms with van der Waals surface area (Å²) in [5, 5.41) is 19.2. The quantitative estimate of drug-likeness (QED) is 0.888. The van der Waals surface area contributed by atoms with Gasteiger partial charge in [-0.1, -0.05) is 30.3 Å². The topological polar surface area (TPSA) is 47.3 Å². The van der Waals surface area contributed by atoms with Crippen molar-refractivity contribution in [2.45, 2.75) is 37.8 Å². The third-order valence-electron chi connectivity index (χ3n) is 3.61. The average Bonchev–Trinajstić information content (AvgIpc) is 2.36. The SMILES string of the molecule is CC1(O)CCCN(C(CC#N)c2ccccc2)C1. The maximum Gasteiger partial charge on any atom is 0.0746 e. The monoisotopic (exact) mass is 244 g/mol. The molecule has 1 aliphatic heterocycles. The van der Waals surface area contributed by atoms with Gasteiger partial charge in [-0.05, 0) is 31.9 Å². The second-order valence-corrected chi connectivity index (χ2v) is 5.36. The summed E-state index contributed by atoms with van der Waals surface area (Å²) in [5.41, 5.74) is 0.539. The van der Waals surface area contributed by atoms with Crippen molar-refractivity contribution in [2.24, 2.45) is 0 Å². The Labute approximate surface area is 109 Å². The highest BCUT2D eigenvalue weighted by atomic mass is 16.3. The minimum atomic E-state index is -0.624. The van der Waals surface area contributed by atoms with E-state index in [2.05, 4.69) is 23.1 Å². The van der Waals surface area contributed by atoms with Crippen LogP contribution in [0.3, 0.4) is 0 Å². The molecule has 1 saturated heterocycles. The Bertz CT molecular complexity index is 422. The predicted molar refractivity (Wildman–Crippen MR) is 70.8 cm³/mol. The van der Waals surface area contributed by atoms with Crippen LogP contribution in [0.15, 0.2) is 30.3 Å². The van der Waals surface area contributed by atoms with Crippen LogP contribution in [-0.2, 0) is 0 Å². The van der Waals surface area contributed by atoms with E-state index in [1.54, 1.807) is 0 Å². The van der Waals surface area contributed by atoms with Crippen molar-refractivity contribution in [1.82, 2.24) is 4.90 Å². The Balaban J connectivity index is 2.18. The van der Waals surface area contributed by atoms with Crippen molar-refractivity contribution in [2.75, 3.05) is 13.1 Å². The number of β-amino-alcohol motifs (C(OH)–C–C–N with tert-alkyl or cyclic N) is 1. The second kappa shape index (κ2) is 5.51. The fourth-order valence-corrected chi connectivity index (χ4v) is 2.74. The van der Waals surface area contributed by atoms with E-state index in [-0.39, 0.29) is 6.04 Å². The van der Waals surface area contributed by atoms with Crippen molar-refractivity contribution in [3.05, 3.63) is 35.9 Å². The van der Waals surface area contributed by atoms with Gasteiger partial charge in [-0.15, -0.1) is 0 Å². The Morgan fingerprint density at radius 1 is 1.44 bits per heavy atom. The fraction of sp³-hybridized carbons (Fsp3) is 0.533. The Kier molecular flexibility index (Phi) is 4.00. The normalized spacial score (nSPS) is 26.5. The van der Waals surface area contributed by atoms with E-state index in [0.29, 0.717) is 13.0 Å². The molecule has 3 heteroatoms. The first-order valence-electron chi connectivity index (χ1n) is 6.51. The smallest absolute Gasteiger partial charge is 0.0746 e.